The van der Waals surface area contributed by atoms with E-state index in [9.17, 15) is 14.4 Å². The van der Waals surface area contributed by atoms with Crippen molar-refractivity contribution in [2.75, 3.05) is 13.2 Å². The van der Waals surface area contributed by atoms with Crippen LogP contribution in [0.4, 0.5) is 4.79 Å². The molecule has 3 rings (SSSR count). The van der Waals surface area contributed by atoms with Gasteiger partial charge in [0.15, 0.2) is 11.5 Å². The number of esters is 1. The Morgan fingerprint density at radius 2 is 1.88 bits per heavy atom. The molecule has 1 saturated heterocycles. The Kier molecular flexibility index (Phi) is 8.57. The molecule has 0 saturated carbocycles. The van der Waals surface area contributed by atoms with Crippen molar-refractivity contribution in [2.24, 2.45) is 0 Å². The standard InChI is InChI=1S/C24H24BrNO6S/c1-4-30-19-11-17(10-18(25)22(19)31-14-16-8-6-5-7-9-16)12-20-23(28)26(24(29)33-20)13-21(27)32-15(2)3/h5-12,15H,4,13-14H2,1-3H3/b20-12+. The molecule has 1 fully saturated rings. The Labute approximate surface area is 205 Å². The molecule has 0 aromatic heterocycles. The zero-order chi connectivity index (χ0) is 24.0. The monoisotopic (exact) mass is 533 g/mol. The number of ether oxygens (including phenoxy) is 3. The van der Waals surface area contributed by atoms with Crippen molar-refractivity contribution in [3.63, 3.8) is 0 Å². The van der Waals surface area contributed by atoms with Crippen LogP contribution in [0.5, 0.6) is 11.5 Å². The van der Waals surface area contributed by atoms with Crippen molar-refractivity contribution >= 4 is 50.9 Å². The number of thioether (sulfide) groups is 1. The first-order valence-corrected chi connectivity index (χ1v) is 12.0. The molecule has 0 unspecified atom stereocenters. The lowest BCUT2D eigenvalue weighted by Crippen LogP contribution is -2.35. The van der Waals surface area contributed by atoms with Crippen molar-refractivity contribution in [1.82, 2.24) is 4.90 Å². The molecule has 0 N–H and O–H groups in total. The minimum absolute atomic E-state index is 0.213. The molecule has 33 heavy (non-hydrogen) atoms. The molecule has 7 nitrogen and oxygen atoms in total. The van der Waals surface area contributed by atoms with Crippen LogP contribution >= 0.6 is 27.7 Å². The first-order valence-electron chi connectivity index (χ1n) is 10.4. The van der Waals surface area contributed by atoms with Gasteiger partial charge in [-0.1, -0.05) is 30.3 Å². The third kappa shape index (κ3) is 6.61. The summed E-state index contributed by atoms with van der Waals surface area (Å²) in [6, 6.07) is 13.3. The fourth-order valence-electron chi connectivity index (χ4n) is 3.02. The number of hydrogen-bond acceptors (Lipinski definition) is 7. The molecule has 9 heteroatoms. The quantitative estimate of drug-likeness (QED) is 0.314. The molecule has 2 aromatic carbocycles. The molecule has 174 valence electrons. The highest BCUT2D eigenvalue weighted by molar-refractivity contribution is 9.10. The largest absolute Gasteiger partial charge is 0.490 e. The second-order valence-corrected chi connectivity index (χ2v) is 9.19. The number of benzene rings is 2. The van der Waals surface area contributed by atoms with Crippen LogP contribution in [0.2, 0.25) is 0 Å². The van der Waals surface area contributed by atoms with Crippen molar-refractivity contribution < 1.29 is 28.6 Å². The topological polar surface area (TPSA) is 82.1 Å². The molecule has 0 atom stereocenters. The highest BCUT2D eigenvalue weighted by Gasteiger charge is 2.36. The highest BCUT2D eigenvalue weighted by Crippen LogP contribution is 2.39. The summed E-state index contributed by atoms with van der Waals surface area (Å²) in [7, 11) is 0. The highest BCUT2D eigenvalue weighted by atomic mass is 79.9. The number of amides is 2. The minimum atomic E-state index is -0.630. The first kappa shape index (κ1) is 24.9. The number of rotatable bonds is 9. The van der Waals surface area contributed by atoms with E-state index in [1.54, 1.807) is 32.1 Å². The molecule has 0 radical (unpaired) electrons. The zero-order valence-electron chi connectivity index (χ0n) is 18.5. The van der Waals surface area contributed by atoms with Gasteiger partial charge >= 0.3 is 5.97 Å². The molecule has 2 amide bonds. The van der Waals surface area contributed by atoms with E-state index in [0.29, 0.717) is 34.7 Å². The molecule has 0 aliphatic carbocycles. The molecule has 2 aromatic rings. The lowest BCUT2D eigenvalue weighted by atomic mass is 10.1. The predicted octanol–water partition coefficient (Wildman–Crippen LogP) is 5.41. The van der Waals surface area contributed by atoms with Crippen LogP contribution in [0.3, 0.4) is 0 Å². The van der Waals surface area contributed by atoms with Crippen LogP contribution in [0.25, 0.3) is 6.08 Å². The summed E-state index contributed by atoms with van der Waals surface area (Å²) in [6.45, 7) is 5.64. The number of imide groups is 1. The lowest BCUT2D eigenvalue weighted by molar-refractivity contribution is -0.149. The molecule has 0 bridgehead atoms. The molecular weight excluding hydrogens is 510 g/mol. The summed E-state index contributed by atoms with van der Waals surface area (Å²) in [5.41, 5.74) is 1.66. The van der Waals surface area contributed by atoms with Gasteiger partial charge in [0, 0.05) is 0 Å². The second-order valence-electron chi connectivity index (χ2n) is 7.34. The Bertz CT molecular complexity index is 1070. The van der Waals surface area contributed by atoms with E-state index < -0.39 is 23.7 Å². The number of carbonyl (C=O) groups excluding carboxylic acids is 3. The average Bonchev–Trinajstić information content (AvgIpc) is 3.01. The summed E-state index contributed by atoms with van der Waals surface area (Å²) in [5, 5.41) is -0.515. The molecule has 1 aliphatic heterocycles. The summed E-state index contributed by atoms with van der Waals surface area (Å²) in [4.78, 5) is 38.0. The zero-order valence-corrected chi connectivity index (χ0v) is 20.9. The third-order valence-electron chi connectivity index (χ3n) is 4.38. The number of carbonyl (C=O) groups is 3. The van der Waals surface area contributed by atoms with E-state index >= 15 is 0 Å². The predicted molar refractivity (Wildman–Crippen MR) is 130 cm³/mol. The van der Waals surface area contributed by atoms with Gasteiger partial charge in [0.1, 0.15) is 13.2 Å². The Hall–Kier alpha value is -2.78. The smallest absolute Gasteiger partial charge is 0.326 e. The maximum atomic E-state index is 12.7. The van der Waals surface area contributed by atoms with Crippen molar-refractivity contribution in [3.8, 4) is 11.5 Å². The van der Waals surface area contributed by atoms with Gasteiger partial charge in [-0.25, -0.2) is 0 Å². The number of halogens is 1. The fraction of sp³-hybridized carbons (Fsp3) is 0.292. The van der Waals surface area contributed by atoms with Crippen molar-refractivity contribution in [2.45, 2.75) is 33.5 Å². The Balaban J connectivity index is 1.80. The van der Waals surface area contributed by atoms with E-state index in [1.165, 1.54) is 0 Å². The van der Waals surface area contributed by atoms with Gasteiger partial charge in [-0.3, -0.25) is 19.3 Å². The van der Waals surface area contributed by atoms with Crippen LogP contribution in [0.15, 0.2) is 51.8 Å². The van der Waals surface area contributed by atoms with Gasteiger partial charge in [-0.2, -0.15) is 0 Å². The molecule has 0 spiro atoms. The second kappa shape index (κ2) is 11.4. The van der Waals surface area contributed by atoms with E-state index in [0.717, 1.165) is 22.2 Å². The Morgan fingerprint density at radius 1 is 1.15 bits per heavy atom. The molecule has 1 heterocycles. The third-order valence-corrected chi connectivity index (χ3v) is 5.88. The van der Waals surface area contributed by atoms with Gasteiger partial charge in [0.05, 0.1) is 22.1 Å². The van der Waals surface area contributed by atoms with Gasteiger partial charge in [-0.15, -0.1) is 0 Å². The van der Waals surface area contributed by atoms with Gasteiger partial charge in [-0.05, 0) is 77.8 Å². The SMILES string of the molecule is CCOc1cc(/C=C2/SC(=O)N(CC(=O)OC(C)C)C2=O)cc(Br)c1OCc1ccccc1. The van der Waals surface area contributed by atoms with Crippen LogP contribution < -0.4 is 9.47 Å². The van der Waals surface area contributed by atoms with Crippen LogP contribution in [0, 0.1) is 0 Å². The number of nitrogens with zero attached hydrogens (tertiary/aromatic N) is 1. The van der Waals surface area contributed by atoms with E-state index in [2.05, 4.69) is 15.9 Å². The van der Waals surface area contributed by atoms with E-state index in [1.807, 2.05) is 37.3 Å². The van der Waals surface area contributed by atoms with Crippen LogP contribution in [-0.2, 0) is 20.9 Å². The fourth-order valence-corrected chi connectivity index (χ4v) is 4.43. The van der Waals surface area contributed by atoms with Crippen molar-refractivity contribution in [1.29, 1.82) is 0 Å². The summed E-state index contributed by atoms with van der Waals surface area (Å²) in [5.74, 6) is -0.116. The average molecular weight is 534 g/mol. The maximum Gasteiger partial charge on any atom is 0.326 e. The first-order chi connectivity index (χ1) is 15.8. The van der Waals surface area contributed by atoms with Gasteiger partial charge < -0.3 is 14.2 Å². The summed E-state index contributed by atoms with van der Waals surface area (Å²) < 4.78 is 17.4. The van der Waals surface area contributed by atoms with Gasteiger partial charge in [0.2, 0.25) is 0 Å². The van der Waals surface area contributed by atoms with E-state index in [4.69, 9.17) is 14.2 Å². The number of hydrogen-bond donors (Lipinski definition) is 0. The normalized spacial score (nSPS) is 14.8. The van der Waals surface area contributed by atoms with E-state index in [-0.39, 0.29) is 11.0 Å². The molecule has 1 aliphatic rings. The van der Waals surface area contributed by atoms with Crippen LogP contribution in [0.1, 0.15) is 31.9 Å². The summed E-state index contributed by atoms with van der Waals surface area (Å²) in [6.07, 6.45) is 1.26. The van der Waals surface area contributed by atoms with Crippen molar-refractivity contribution in [3.05, 3.63) is 63.0 Å². The Morgan fingerprint density at radius 3 is 2.55 bits per heavy atom. The lowest BCUT2D eigenvalue weighted by Gasteiger charge is -2.15. The van der Waals surface area contributed by atoms with Gasteiger partial charge in [0.25, 0.3) is 11.1 Å². The maximum absolute atomic E-state index is 12.7. The molecular formula is C24H24BrNO6S. The minimum Gasteiger partial charge on any atom is -0.490 e. The summed E-state index contributed by atoms with van der Waals surface area (Å²) >= 11 is 4.30. The van der Waals surface area contributed by atoms with Crippen LogP contribution in [-0.4, -0.2) is 41.3 Å².